The van der Waals surface area contributed by atoms with E-state index < -0.39 is 12.1 Å². The van der Waals surface area contributed by atoms with Gasteiger partial charge in [0.05, 0.1) is 5.92 Å². The summed E-state index contributed by atoms with van der Waals surface area (Å²) in [6.45, 7) is 3.10. The monoisotopic (exact) mass is 206 g/mol. The first-order valence-electron chi connectivity index (χ1n) is 4.58. The summed E-state index contributed by atoms with van der Waals surface area (Å²) in [6, 6.07) is 0. The van der Waals surface area contributed by atoms with Gasteiger partial charge in [-0.2, -0.15) is 13.2 Å². The summed E-state index contributed by atoms with van der Waals surface area (Å²) < 4.78 is 36.9. The van der Waals surface area contributed by atoms with Crippen LogP contribution in [0.3, 0.4) is 0 Å². The Kier molecular flexibility index (Phi) is 3.02. The van der Waals surface area contributed by atoms with Crippen molar-refractivity contribution in [1.82, 2.24) is 0 Å². The van der Waals surface area contributed by atoms with Crippen LogP contribution in [-0.4, -0.2) is 12.0 Å². The van der Waals surface area contributed by atoms with E-state index in [0.717, 1.165) is 6.08 Å². The van der Waals surface area contributed by atoms with Gasteiger partial charge >= 0.3 is 6.18 Å². The van der Waals surface area contributed by atoms with Gasteiger partial charge in [-0.1, -0.05) is 19.1 Å². The van der Waals surface area contributed by atoms with E-state index in [-0.39, 0.29) is 24.0 Å². The minimum atomic E-state index is -4.17. The van der Waals surface area contributed by atoms with Crippen LogP contribution in [0.5, 0.6) is 0 Å². The van der Waals surface area contributed by atoms with Crippen LogP contribution in [0.2, 0.25) is 0 Å². The summed E-state index contributed by atoms with van der Waals surface area (Å²) in [6.07, 6.45) is -1.64. The van der Waals surface area contributed by atoms with Crippen molar-refractivity contribution < 1.29 is 18.0 Å². The molecular weight excluding hydrogens is 193 g/mol. The highest BCUT2D eigenvalue weighted by atomic mass is 19.4. The van der Waals surface area contributed by atoms with E-state index in [0.29, 0.717) is 0 Å². The third-order valence-electron chi connectivity index (χ3n) is 2.68. The molecule has 0 bridgehead atoms. The third kappa shape index (κ3) is 2.36. The number of carbonyl (C=O) groups excluding carboxylic acids is 1. The zero-order valence-electron chi connectivity index (χ0n) is 8.14. The maximum atomic E-state index is 12.3. The Morgan fingerprint density at radius 3 is 2.29 bits per heavy atom. The molecule has 0 aliphatic heterocycles. The van der Waals surface area contributed by atoms with E-state index in [1.807, 2.05) is 0 Å². The van der Waals surface area contributed by atoms with Crippen LogP contribution in [0.4, 0.5) is 13.2 Å². The Hall–Kier alpha value is -0.800. The summed E-state index contributed by atoms with van der Waals surface area (Å²) in [5.74, 6) is -2.00. The molecule has 3 atom stereocenters. The van der Waals surface area contributed by atoms with Gasteiger partial charge in [0.1, 0.15) is 5.78 Å². The van der Waals surface area contributed by atoms with Crippen molar-refractivity contribution in [3.63, 3.8) is 0 Å². The maximum Gasteiger partial charge on any atom is 0.395 e. The van der Waals surface area contributed by atoms with Gasteiger partial charge in [-0.05, 0) is 19.3 Å². The first kappa shape index (κ1) is 11.3. The smallest absolute Gasteiger partial charge is 0.299 e. The summed E-state index contributed by atoms with van der Waals surface area (Å²) in [5.41, 5.74) is 0. The second kappa shape index (κ2) is 3.75. The van der Waals surface area contributed by atoms with Crippen LogP contribution in [0.25, 0.3) is 0 Å². The summed E-state index contributed by atoms with van der Waals surface area (Å²) in [4.78, 5) is 11.0. The molecule has 0 N–H and O–H groups in total. The molecule has 0 spiro atoms. The van der Waals surface area contributed by atoms with Crippen molar-refractivity contribution >= 4 is 5.78 Å². The van der Waals surface area contributed by atoms with Crippen LogP contribution in [0.1, 0.15) is 20.3 Å². The Morgan fingerprint density at radius 2 is 1.93 bits per heavy atom. The van der Waals surface area contributed by atoms with Crippen molar-refractivity contribution in [2.75, 3.05) is 0 Å². The van der Waals surface area contributed by atoms with E-state index in [2.05, 4.69) is 0 Å². The van der Waals surface area contributed by atoms with E-state index in [4.69, 9.17) is 0 Å². The SMILES string of the molecule is CC(=O)C1C=CC(C(F)(F)F)CC1C. The Labute approximate surface area is 81.0 Å². The number of alkyl halides is 3. The molecule has 80 valence electrons. The molecule has 0 aromatic rings. The molecular formula is C10H13F3O. The maximum absolute atomic E-state index is 12.3. The number of rotatable bonds is 1. The summed E-state index contributed by atoms with van der Waals surface area (Å²) in [7, 11) is 0. The molecule has 1 aliphatic carbocycles. The largest absolute Gasteiger partial charge is 0.395 e. The molecule has 0 radical (unpaired) electrons. The quantitative estimate of drug-likeness (QED) is 0.603. The second-order valence-electron chi connectivity index (χ2n) is 3.88. The molecule has 0 saturated heterocycles. The van der Waals surface area contributed by atoms with Crippen LogP contribution in [0.15, 0.2) is 12.2 Å². The first-order chi connectivity index (χ1) is 6.32. The highest BCUT2D eigenvalue weighted by Crippen LogP contribution is 2.38. The lowest BCUT2D eigenvalue weighted by molar-refractivity contribution is -0.167. The number of hydrogen-bond donors (Lipinski definition) is 0. The van der Waals surface area contributed by atoms with E-state index in [1.54, 1.807) is 6.92 Å². The second-order valence-corrected chi connectivity index (χ2v) is 3.88. The van der Waals surface area contributed by atoms with Crippen LogP contribution in [0, 0.1) is 17.8 Å². The zero-order chi connectivity index (χ0) is 10.9. The average molecular weight is 206 g/mol. The van der Waals surface area contributed by atoms with Crippen LogP contribution >= 0.6 is 0 Å². The zero-order valence-corrected chi connectivity index (χ0v) is 8.14. The predicted octanol–water partition coefficient (Wildman–Crippen LogP) is 2.97. The lowest BCUT2D eigenvalue weighted by Crippen LogP contribution is -2.30. The normalized spacial score (nSPS) is 33.1. The number of halogens is 3. The number of Topliss-reactive ketones (excluding diaryl/α,β-unsaturated/α-hetero) is 1. The van der Waals surface area contributed by atoms with E-state index in [9.17, 15) is 18.0 Å². The lowest BCUT2D eigenvalue weighted by Gasteiger charge is -2.28. The van der Waals surface area contributed by atoms with Gasteiger partial charge in [0.15, 0.2) is 0 Å². The first-order valence-corrected chi connectivity index (χ1v) is 4.58. The molecule has 14 heavy (non-hydrogen) atoms. The molecule has 1 rings (SSSR count). The molecule has 0 heterocycles. The van der Waals surface area contributed by atoms with E-state index in [1.165, 1.54) is 13.0 Å². The van der Waals surface area contributed by atoms with Crippen molar-refractivity contribution in [1.29, 1.82) is 0 Å². The molecule has 0 amide bonds. The molecule has 3 unspecified atom stereocenters. The van der Waals surface area contributed by atoms with Gasteiger partial charge in [0, 0.05) is 5.92 Å². The van der Waals surface area contributed by atoms with Crippen molar-refractivity contribution in [3.05, 3.63) is 12.2 Å². The third-order valence-corrected chi connectivity index (χ3v) is 2.68. The van der Waals surface area contributed by atoms with Gasteiger partial charge in [-0.15, -0.1) is 0 Å². The number of allylic oxidation sites excluding steroid dienone is 2. The van der Waals surface area contributed by atoms with Crippen molar-refractivity contribution in [2.45, 2.75) is 26.4 Å². The lowest BCUT2D eigenvalue weighted by atomic mass is 9.78. The molecule has 0 aromatic carbocycles. The molecule has 0 saturated carbocycles. The highest BCUT2D eigenvalue weighted by Gasteiger charge is 2.41. The number of carbonyl (C=O) groups is 1. The molecule has 0 fully saturated rings. The van der Waals surface area contributed by atoms with Crippen molar-refractivity contribution in [2.24, 2.45) is 17.8 Å². The molecule has 1 aliphatic rings. The summed E-state index contributed by atoms with van der Waals surface area (Å²) >= 11 is 0. The molecule has 0 aromatic heterocycles. The predicted molar refractivity (Wildman–Crippen MR) is 46.6 cm³/mol. The minimum absolute atomic E-state index is 0.0181. The molecule has 4 heteroatoms. The van der Waals surface area contributed by atoms with Gasteiger partial charge in [-0.25, -0.2) is 0 Å². The standard InChI is InChI=1S/C10H13F3O/c1-6-5-8(10(11,12)13)3-4-9(6)7(2)14/h3-4,6,8-9H,5H2,1-2H3. The van der Waals surface area contributed by atoms with Crippen LogP contribution in [-0.2, 0) is 4.79 Å². The van der Waals surface area contributed by atoms with Crippen LogP contribution < -0.4 is 0 Å². The molecule has 1 nitrogen and oxygen atoms in total. The fourth-order valence-corrected chi connectivity index (χ4v) is 1.85. The fraction of sp³-hybridized carbons (Fsp3) is 0.700. The van der Waals surface area contributed by atoms with E-state index >= 15 is 0 Å². The van der Waals surface area contributed by atoms with Gasteiger partial charge in [0.25, 0.3) is 0 Å². The number of ketones is 1. The Balaban J connectivity index is 2.77. The Morgan fingerprint density at radius 1 is 1.36 bits per heavy atom. The highest BCUT2D eigenvalue weighted by molar-refractivity contribution is 5.80. The minimum Gasteiger partial charge on any atom is -0.299 e. The fourth-order valence-electron chi connectivity index (χ4n) is 1.85. The van der Waals surface area contributed by atoms with Crippen molar-refractivity contribution in [3.8, 4) is 0 Å². The van der Waals surface area contributed by atoms with Gasteiger partial charge in [0.2, 0.25) is 0 Å². The Bertz CT molecular complexity index is 255. The van der Waals surface area contributed by atoms with Gasteiger partial charge in [-0.3, -0.25) is 4.79 Å². The average Bonchev–Trinajstić information content (AvgIpc) is 2.01. The topological polar surface area (TPSA) is 17.1 Å². The summed E-state index contributed by atoms with van der Waals surface area (Å²) in [5, 5.41) is 0. The number of hydrogen-bond acceptors (Lipinski definition) is 1. The van der Waals surface area contributed by atoms with Gasteiger partial charge < -0.3 is 0 Å².